The van der Waals surface area contributed by atoms with Crippen molar-refractivity contribution in [3.63, 3.8) is 0 Å². The van der Waals surface area contributed by atoms with Gasteiger partial charge in [-0.1, -0.05) is 35.0 Å². The molecule has 0 unspecified atom stereocenters. The van der Waals surface area contributed by atoms with E-state index < -0.39 is 0 Å². The molecule has 0 saturated carbocycles. The lowest BCUT2D eigenvalue weighted by Crippen LogP contribution is -2.12. The Morgan fingerprint density at radius 2 is 2.31 bits per heavy atom. The van der Waals surface area contributed by atoms with Crippen molar-refractivity contribution in [2.24, 2.45) is 0 Å². The number of amides is 1. The minimum atomic E-state index is -0.0201. The summed E-state index contributed by atoms with van der Waals surface area (Å²) in [5, 5.41) is 3.12. The van der Waals surface area contributed by atoms with Crippen molar-refractivity contribution < 1.29 is 4.79 Å². The van der Waals surface area contributed by atoms with Gasteiger partial charge in [-0.25, -0.2) is 0 Å². The zero-order chi connectivity index (χ0) is 9.68. The van der Waals surface area contributed by atoms with Crippen LogP contribution in [0.2, 0.25) is 0 Å². The number of hydrogen-bond acceptors (Lipinski definition) is 1. The summed E-state index contributed by atoms with van der Waals surface area (Å²) in [5.41, 5.74) is 2.09. The van der Waals surface area contributed by atoms with Gasteiger partial charge < -0.3 is 5.32 Å². The summed E-state index contributed by atoms with van der Waals surface area (Å²) >= 11 is 3.10. The van der Waals surface area contributed by atoms with Crippen LogP contribution in [0, 0.1) is 0 Å². The van der Waals surface area contributed by atoms with E-state index in [0.29, 0.717) is 5.33 Å². The zero-order valence-corrected chi connectivity index (χ0v) is 9.10. The van der Waals surface area contributed by atoms with Crippen molar-refractivity contribution in [3.8, 4) is 0 Å². The number of benzene rings is 1. The van der Waals surface area contributed by atoms with Gasteiger partial charge in [0.05, 0.1) is 5.33 Å². The van der Waals surface area contributed by atoms with Crippen LogP contribution in [-0.2, 0) is 11.2 Å². The molecule has 70 valence electrons. The van der Waals surface area contributed by atoms with Gasteiger partial charge in [0.1, 0.15) is 0 Å². The molecule has 1 rings (SSSR count). The maximum Gasteiger partial charge on any atom is 0.235 e. The quantitative estimate of drug-likeness (QED) is 0.811. The number of rotatable bonds is 3. The van der Waals surface area contributed by atoms with Gasteiger partial charge in [-0.2, -0.15) is 0 Å². The van der Waals surface area contributed by atoms with Gasteiger partial charge in [0.25, 0.3) is 0 Å². The van der Waals surface area contributed by atoms with E-state index in [1.807, 2.05) is 24.3 Å². The molecular formula is C10H12BrNO. The molecule has 1 N–H and O–H groups in total. The molecule has 13 heavy (non-hydrogen) atoms. The summed E-state index contributed by atoms with van der Waals surface area (Å²) in [6.45, 7) is 2.09. The highest BCUT2D eigenvalue weighted by Gasteiger charge is 1.99. The molecule has 0 heterocycles. The zero-order valence-electron chi connectivity index (χ0n) is 7.51. The van der Waals surface area contributed by atoms with Crippen LogP contribution in [0.4, 0.5) is 5.69 Å². The molecule has 1 amide bonds. The van der Waals surface area contributed by atoms with Crippen LogP contribution in [-0.4, -0.2) is 11.2 Å². The molecule has 0 saturated heterocycles. The van der Waals surface area contributed by atoms with E-state index in [-0.39, 0.29) is 5.91 Å². The SMILES string of the molecule is CCc1cccc(NC(=O)CBr)c1. The monoisotopic (exact) mass is 241 g/mol. The summed E-state index contributed by atoms with van der Waals surface area (Å²) in [5.74, 6) is -0.0201. The van der Waals surface area contributed by atoms with E-state index in [4.69, 9.17) is 0 Å². The molecule has 0 aliphatic rings. The number of carbonyl (C=O) groups is 1. The Balaban J connectivity index is 2.71. The molecule has 0 radical (unpaired) electrons. The van der Waals surface area contributed by atoms with Gasteiger partial charge in [0, 0.05) is 5.69 Å². The molecule has 0 bridgehead atoms. The Labute approximate surface area is 86.5 Å². The molecule has 0 atom stereocenters. The molecule has 3 heteroatoms. The Morgan fingerprint density at radius 3 is 2.92 bits per heavy atom. The first-order valence-corrected chi connectivity index (χ1v) is 5.33. The predicted octanol–water partition coefficient (Wildman–Crippen LogP) is 2.58. The molecule has 1 aromatic rings. The summed E-state index contributed by atoms with van der Waals surface area (Å²) in [4.78, 5) is 11.0. The Morgan fingerprint density at radius 1 is 1.54 bits per heavy atom. The highest BCUT2D eigenvalue weighted by Crippen LogP contribution is 2.10. The van der Waals surface area contributed by atoms with Gasteiger partial charge in [-0.05, 0) is 24.1 Å². The van der Waals surface area contributed by atoms with E-state index in [1.54, 1.807) is 0 Å². The highest BCUT2D eigenvalue weighted by molar-refractivity contribution is 9.09. The third kappa shape index (κ3) is 3.19. The smallest absolute Gasteiger partial charge is 0.235 e. The minimum absolute atomic E-state index is 0.0201. The molecule has 0 fully saturated rings. The van der Waals surface area contributed by atoms with Crippen molar-refractivity contribution in [2.45, 2.75) is 13.3 Å². The van der Waals surface area contributed by atoms with Gasteiger partial charge in [-0.3, -0.25) is 4.79 Å². The fraction of sp³-hybridized carbons (Fsp3) is 0.300. The van der Waals surface area contributed by atoms with Crippen molar-refractivity contribution in [1.29, 1.82) is 0 Å². The average molecular weight is 242 g/mol. The van der Waals surface area contributed by atoms with E-state index in [1.165, 1.54) is 5.56 Å². The number of hydrogen-bond donors (Lipinski definition) is 1. The first kappa shape index (κ1) is 10.3. The number of carbonyl (C=O) groups excluding carboxylic acids is 1. The number of anilines is 1. The molecule has 0 aliphatic heterocycles. The van der Waals surface area contributed by atoms with Crippen LogP contribution < -0.4 is 5.32 Å². The Kier molecular flexibility index (Phi) is 3.96. The van der Waals surface area contributed by atoms with Crippen molar-refractivity contribution in [3.05, 3.63) is 29.8 Å². The number of halogens is 1. The molecule has 1 aromatic carbocycles. The molecule has 0 aliphatic carbocycles. The predicted molar refractivity (Wildman–Crippen MR) is 58.2 cm³/mol. The van der Waals surface area contributed by atoms with E-state index >= 15 is 0 Å². The van der Waals surface area contributed by atoms with E-state index in [9.17, 15) is 4.79 Å². The Bertz CT molecular complexity index is 299. The number of alkyl halides is 1. The van der Waals surface area contributed by atoms with Crippen LogP contribution >= 0.6 is 15.9 Å². The lowest BCUT2D eigenvalue weighted by Gasteiger charge is -2.04. The summed E-state index contributed by atoms with van der Waals surface area (Å²) in [7, 11) is 0. The van der Waals surface area contributed by atoms with Crippen molar-refractivity contribution in [2.75, 3.05) is 10.6 Å². The van der Waals surface area contributed by atoms with Crippen LogP contribution in [0.15, 0.2) is 24.3 Å². The summed E-state index contributed by atoms with van der Waals surface area (Å²) in [6, 6.07) is 7.87. The van der Waals surface area contributed by atoms with E-state index in [2.05, 4.69) is 28.2 Å². The standard InChI is InChI=1S/C10H12BrNO/c1-2-8-4-3-5-9(6-8)12-10(13)7-11/h3-6H,2,7H2,1H3,(H,12,13). The fourth-order valence-corrected chi connectivity index (χ4v) is 1.20. The number of nitrogens with one attached hydrogen (secondary N) is 1. The third-order valence-corrected chi connectivity index (χ3v) is 2.25. The highest BCUT2D eigenvalue weighted by atomic mass is 79.9. The first-order valence-electron chi connectivity index (χ1n) is 4.21. The van der Waals surface area contributed by atoms with Crippen LogP contribution in [0.1, 0.15) is 12.5 Å². The maximum absolute atomic E-state index is 11.0. The van der Waals surface area contributed by atoms with Crippen LogP contribution in [0.3, 0.4) is 0 Å². The van der Waals surface area contributed by atoms with Gasteiger partial charge in [0.15, 0.2) is 0 Å². The molecule has 0 aromatic heterocycles. The second-order valence-corrected chi connectivity index (χ2v) is 3.30. The molecule has 0 spiro atoms. The lowest BCUT2D eigenvalue weighted by atomic mass is 10.1. The Hall–Kier alpha value is -0.830. The fourth-order valence-electron chi connectivity index (χ4n) is 1.06. The van der Waals surface area contributed by atoms with Gasteiger partial charge in [-0.15, -0.1) is 0 Å². The lowest BCUT2D eigenvalue weighted by molar-refractivity contribution is -0.113. The second-order valence-electron chi connectivity index (χ2n) is 2.74. The average Bonchev–Trinajstić information content (AvgIpc) is 2.18. The minimum Gasteiger partial charge on any atom is -0.325 e. The maximum atomic E-state index is 11.0. The van der Waals surface area contributed by atoms with Crippen LogP contribution in [0.5, 0.6) is 0 Å². The topological polar surface area (TPSA) is 29.1 Å². The van der Waals surface area contributed by atoms with E-state index in [0.717, 1.165) is 12.1 Å². The first-order chi connectivity index (χ1) is 6.26. The van der Waals surface area contributed by atoms with Crippen LogP contribution in [0.25, 0.3) is 0 Å². The van der Waals surface area contributed by atoms with Gasteiger partial charge in [0.2, 0.25) is 5.91 Å². The normalized spacial score (nSPS) is 9.69. The van der Waals surface area contributed by atoms with Crippen molar-refractivity contribution >= 4 is 27.5 Å². The summed E-state index contributed by atoms with van der Waals surface area (Å²) in [6.07, 6.45) is 0.984. The summed E-state index contributed by atoms with van der Waals surface area (Å²) < 4.78 is 0. The van der Waals surface area contributed by atoms with Crippen molar-refractivity contribution in [1.82, 2.24) is 0 Å². The number of aryl methyl sites for hydroxylation is 1. The second kappa shape index (κ2) is 5.02. The largest absolute Gasteiger partial charge is 0.325 e. The third-order valence-electron chi connectivity index (χ3n) is 1.74. The molecular weight excluding hydrogens is 230 g/mol. The van der Waals surface area contributed by atoms with Gasteiger partial charge >= 0.3 is 0 Å². The molecule has 2 nitrogen and oxygen atoms in total.